The van der Waals surface area contributed by atoms with Gasteiger partial charge in [-0.25, -0.2) is 0 Å². The lowest BCUT2D eigenvalue weighted by Gasteiger charge is -2.08. The average Bonchev–Trinajstić information content (AvgIpc) is 2.38. The van der Waals surface area contributed by atoms with Crippen LogP contribution in [0.2, 0.25) is 0 Å². The Balaban J connectivity index is 2.51. The highest BCUT2D eigenvalue weighted by molar-refractivity contribution is 6.11. The number of rotatable bonds is 3. The molecule has 0 aliphatic heterocycles. The molecular formula is C13H11NO3. The second-order valence-electron chi connectivity index (χ2n) is 3.40. The molecule has 0 fully saturated rings. The first-order valence-electron chi connectivity index (χ1n) is 5.05. The Hall–Kier alpha value is -2.36. The first kappa shape index (κ1) is 11.1. The van der Waals surface area contributed by atoms with Gasteiger partial charge in [-0.15, -0.1) is 0 Å². The first-order chi connectivity index (χ1) is 8.24. The lowest BCUT2D eigenvalue weighted by Crippen LogP contribution is -2.06. The van der Waals surface area contributed by atoms with Crippen LogP contribution in [-0.4, -0.2) is 23.0 Å². The number of hydrogen-bond donors (Lipinski definition) is 1. The molecule has 0 saturated carbocycles. The topological polar surface area (TPSA) is 59.4 Å². The number of pyridine rings is 1. The summed E-state index contributed by atoms with van der Waals surface area (Å²) in [7, 11) is 1.45. The number of nitrogens with zero attached hydrogens (tertiary/aromatic N) is 1. The molecule has 0 aliphatic carbocycles. The largest absolute Gasteiger partial charge is 0.507 e. The fourth-order valence-corrected chi connectivity index (χ4v) is 1.54. The fraction of sp³-hybridized carbons (Fsp3) is 0.0769. The molecule has 0 unspecified atom stereocenters. The van der Waals surface area contributed by atoms with E-state index >= 15 is 0 Å². The Bertz CT molecular complexity index is 538. The van der Waals surface area contributed by atoms with Crippen molar-refractivity contribution in [1.29, 1.82) is 0 Å². The summed E-state index contributed by atoms with van der Waals surface area (Å²) in [5, 5.41) is 9.73. The summed E-state index contributed by atoms with van der Waals surface area (Å²) in [5.74, 6) is -0.138. The van der Waals surface area contributed by atoms with Crippen LogP contribution in [0.1, 0.15) is 16.1 Å². The molecular weight excluding hydrogens is 218 g/mol. The highest BCUT2D eigenvalue weighted by atomic mass is 16.5. The molecule has 2 rings (SSSR count). The van der Waals surface area contributed by atoms with Gasteiger partial charge in [0.05, 0.1) is 7.11 Å². The van der Waals surface area contributed by atoms with Gasteiger partial charge < -0.3 is 9.84 Å². The summed E-state index contributed by atoms with van der Waals surface area (Å²) in [4.78, 5) is 16.1. The molecule has 17 heavy (non-hydrogen) atoms. The summed E-state index contributed by atoms with van der Waals surface area (Å²) < 4.78 is 5.06. The number of hydrogen-bond acceptors (Lipinski definition) is 4. The Morgan fingerprint density at radius 2 is 2.06 bits per heavy atom. The molecule has 1 N–H and O–H groups in total. The Kier molecular flexibility index (Phi) is 3.05. The normalized spacial score (nSPS) is 9.94. The molecule has 0 saturated heterocycles. The van der Waals surface area contributed by atoms with E-state index < -0.39 is 0 Å². The third kappa shape index (κ3) is 2.10. The van der Waals surface area contributed by atoms with Crippen LogP contribution in [0, 0.1) is 0 Å². The maximum absolute atomic E-state index is 12.1. The number of methoxy groups -OCH3 is 1. The fourth-order valence-electron chi connectivity index (χ4n) is 1.54. The maximum atomic E-state index is 12.1. The van der Waals surface area contributed by atoms with Crippen molar-refractivity contribution in [3.05, 3.63) is 53.9 Å². The van der Waals surface area contributed by atoms with Crippen LogP contribution in [0.15, 0.2) is 42.6 Å². The molecule has 1 aromatic heterocycles. The number of phenols is 1. The van der Waals surface area contributed by atoms with Gasteiger partial charge in [-0.1, -0.05) is 12.1 Å². The molecule has 0 spiro atoms. The van der Waals surface area contributed by atoms with E-state index in [9.17, 15) is 9.90 Å². The zero-order chi connectivity index (χ0) is 12.3. The van der Waals surface area contributed by atoms with E-state index in [0.29, 0.717) is 5.75 Å². The minimum Gasteiger partial charge on any atom is -0.507 e. The number of ether oxygens (including phenoxy) is 1. The molecule has 1 heterocycles. The van der Waals surface area contributed by atoms with Crippen molar-refractivity contribution in [2.24, 2.45) is 0 Å². The smallest absolute Gasteiger partial charge is 0.218 e. The van der Waals surface area contributed by atoms with Gasteiger partial charge in [0, 0.05) is 6.20 Å². The van der Waals surface area contributed by atoms with Gasteiger partial charge in [0.2, 0.25) is 5.78 Å². The minimum atomic E-state index is -0.361. The van der Waals surface area contributed by atoms with Crippen molar-refractivity contribution in [1.82, 2.24) is 4.98 Å². The van der Waals surface area contributed by atoms with Crippen molar-refractivity contribution in [3.63, 3.8) is 0 Å². The van der Waals surface area contributed by atoms with E-state index in [1.165, 1.54) is 19.4 Å². The van der Waals surface area contributed by atoms with Gasteiger partial charge in [0.25, 0.3) is 0 Å². The van der Waals surface area contributed by atoms with E-state index in [1.54, 1.807) is 30.3 Å². The summed E-state index contributed by atoms with van der Waals surface area (Å²) >= 11 is 0. The lowest BCUT2D eigenvalue weighted by molar-refractivity contribution is 0.102. The molecule has 1 aromatic carbocycles. The van der Waals surface area contributed by atoms with Crippen LogP contribution in [0.5, 0.6) is 11.5 Å². The number of carbonyl (C=O) groups excluding carboxylic acids is 1. The quantitative estimate of drug-likeness (QED) is 0.818. The lowest BCUT2D eigenvalue weighted by atomic mass is 10.1. The Labute approximate surface area is 98.5 Å². The van der Waals surface area contributed by atoms with Gasteiger partial charge in [-0.3, -0.25) is 9.78 Å². The molecule has 0 atom stereocenters. The number of carbonyl (C=O) groups is 1. The third-order valence-electron chi connectivity index (χ3n) is 2.35. The SMILES string of the molecule is COc1cccc(O)c1C(=O)c1ccccn1. The van der Waals surface area contributed by atoms with Gasteiger partial charge in [0.1, 0.15) is 22.8 Å². The van der Waals surface area contributed by atoms with Gasteiger partial charge >= 0.3 is 0 Å². The van der Waals surface area contributed by atoms with Gasteiger partial charge in [0.15, 0.2) is 0 Å². The minimum absolute atomic E-state index is 0.111. The number of aromatic hydroxyl groups is 1. The van der Waals surface area contributed by atoms with Crippen LogP contribution in [-0.2, 0) is 0 Å². The summed E-state index contributed by atoms with van der Waals surface area (Å²) in [6.45, 7) is 0. The molecule has 86 valence electrons. The molecule has 0 aliphatic rings. The van der Waals surface area contributed by atoms with Crippen molar-refractivity contribution in [3.8, 4) is 11.5 Å². The molecule has 4 heteroatoms. The van der Waals surface area contributed by atoms with Crippen LogP contribution < -0.4 is 4.74 Å². The highest BCUT2D eigenvalue weighted by Crippen LogP contribution is 2.29. The van der Waals surface area contributed by atoms with E-state index in [1.807, 2.05) is 0 Å². The zero-order valence-electron chi connectivity index (χ0n) is 9.25. The summed E-state index contributed by atoms with van der Waals surface area (Å²) in [5.41, 5.74) is 0.404. The number of aromatic nitrogens is 1. The molecule has 2 aromatic rings. The van der Waals surface area contributed by atoms with Crippen molar-refractivity contribution >= 4 is 5.78 Å². The molecule has 0 bridgehead atoms. The first-order valence-corrected chi connectivity index (χ1v) is 5.05. The standard InChI is InChI=1S/C13H11NO3/c1-17-11-7-4-6-10(15)12(11)13(16)9-5-2-3-8-14-9/h2-8,15H,1H3. The summed E-state index contributed by atoms with van der Waals surface area (Å²) in [6, 6.07) is 9.71. The van der Waals surface area contributed by atoms with Crippen LogP contribution in [0.4, 0.5) is 0 Å². The number of phenolic OH excluding ortho intramolecular Hbond substituents is 1. The van der Waals surface area contributed by atoms with E-state index in [2.05, 4.69) is 4.98 Å². The van der Waals surface area contributed by atoms with Gasteiger partial charge in [-0.05, 0) is 24.3 Å². The van der Waals surface area contributed by atoms with Crippen molar-refractivity contribution in [2.75, 3.05) is 7.11 Å². The molecule has 0 amide bonds. The Morgan fingerprint density at radius 3 is 2.71 bits per heavy atom. The van der Waals surface area contributed by atoms with Crippen molar-refractivity contribution in [2.45, 2.75) is 0 Å². The van der Waals surface area contributed by atoms with Gasteiger partial charge in [-0.2, -0.15) is 0 Å². The van der Waals surface area contributed by atoms with E-state index in [0.717, 1.165) is 0 Å². The van der Waals surface area contributed by atoms with Crippen LogP contribution >= 0.6 is 0 Å². The maximum Gasteiger partial charge on any atom is 0.218 e. The monoisotopic (exact) mass is 229 g/mol. The van der Waals surface area contributed by atoms with Crippen LogP contribution in [0.25, 0.3) is 0 Å². The Morgan fingerprint density at radius 1 is 1.24 bits per heavy atom. The molecule has 0 radical (unpaired) electrons. The van der Waals surface area contributed by atoms with E-state index in [4.69, 9.17) is 4.74 Å². The zero-order valence-corrected chi connectivity index (χ0v) is 9.25. The van der Waals surface area contributed by atoms with Crippen LogP contribution in [0.3, 0.4) is 0 Å². The second kappa shape index (κ2) is 4.65. The average molecular weight is 229 g/mol. The molecule has 4 nitrogen and oxygen atoms in total. The predicted molar refractivity (Wildman–Crippen MR) is 62.3 cm³/mol. The van der Waals surface area contributed by atoms with E-state index in [-0.39, 0.29) is 22.8 Å². The highest BCUT2D eigenvalue weighted by Gasteiger charge is 2.19. The second-order valence-corrected chi connectivity index (χ2v) is 3.40. The number of benzene rings is 1. The van der Waals surface area contributed by atoms with Crippen molar-refractivity contribution < 1.29 is 14.6 Å². The third-order valence-corrected chi connectivity index (χ3v) is 2.35. The summed E-state index contributed by atoms with van der Waals surface area (Å²) in [6.07, 6.45) is 1.53. The predicted octanol–water partition coefficient (Wildman–Crippen LogP) is 2.03. The number of ketones is 1.